The fourth-order valence-electron chi connectivity index (χ4n) is 2.19. The summed E-state index contributed by atoms with van der Waals surface area (Å²) >= 11 is 0. The maximum absolute atomic E-state index is 12.8. The van der Waals surface area contributed by atoms with E-state index in [1.54, 1.807) is 0 Å². The maximum Gasteiger partial charge on any atom is 0.334 e. The third kappa shape index (κ3) is 3.46. The molecule has 3 aromatic rings. The highest BCUT2D eigenvalue weighted by Gasteiger charge is 2.10. The summed E-state index contributed by atoms with van der Waals surface area (Å²) in [7, 11) is 0. The van der Waals surface area contributed by atoms with Crippen LogP contribution >= 0.6 is 0 Å². The lowest BCUT2D eigenvalue weighted by Crippen LogP contribution is -2.36. The topological polar surface area (TPSA) is 79.2 Å². The number of benzene rings is 2. The van der Waals surface area contributed by atoms with E-state index in [1.807, 2.05) is 24.3 Å². The number of imidazole rings is 1. The Bertz CT molecular complexity index is 816. The molecule has 0 saturated carbocycles. The molecule has 3 rings (SSSR count). The highest BCUT2D eigenvalue weighted by Crippen LogP contribution is 2.12. The number of carbonyl (C=O) groups is 1. The van der Waals surface area contributed by atoms with Crippen LogP contribution in [0.3, 0.4) is 0 Å². The lowest BCUT2D eigenvalue weighted by molar-refractivity contribution is 0.174. The summed E-state index contributed by atoms with van der Waals surface area (Å²) in [6.07, 6.45) is 0.585. The van der Waals surface area contributed by atoms with Gasteiger partial charge in [0.05, 0.1) is 17.1 Å². The van der Waals surface area contributed by atoms with Crippen molar-refractivity contribution >= 4 is 17.1 Å². The van der Waals surface area contributed by atoms with Crippen LogP contribution in [0.5, 0.6) is 0 Å². The largest absolute Gasteiger partial charge is 0.387 e. The van der Waals surface area contributed by atoms with Crippen molar-refractivity contribution in [2.75, 3.05) is 12.0 Å². The summed E-state index contributed by atoms with van der Waals surface area (Å²) in [4.78, 5) is 16.1. The molecule has 23 heavy (non-hydrogen) atoms. The normalized spacial score (nSPS) is 12.1. The average Bonchev–Trinajstić information content (AvgIpc) is 2.96. The molecule has 0 saturated heterocycles. The fraction of sp³-hybridized carbons (Fsp3) is 0.125. The van der Waals surface area contributed by atoms with Crippen molar-refractivity contribution in [1.82, 2.24) is 15.0 Å². The van der Waals surface area contributed by atoms with Crippen LogP contribution < -0.4 is 10.7 Å². The van der Waals surface area contributed by atoms with Crippen LogP contribution in [0, 0.1) is 5.82 Å². The van der Waals surface area contributed by atoms with E-state index in [1.165, 1.54) is 35.3 Å². The van der Waals surface area contributed by atoms with E-state index < -0.39 is 12.1 Å². The van der Waals surface area contributed by atoms with Gasteiger partial charge >= 0.3 is 6.03 Å². The number of rotatable bonds is 4. The number of aromatic nitrogens is 2. The molecule has 2 aromatic carbocycles. The van der Waals surface area contributed by atoms with E-state index in [4.69, 9.17) is 0 Å². The first-order chi connectivity index (χ1) is 11.1. The van der Waals surface area contributed by atoms with Gasteiger partial charge in [0.25, 0.3) is 0 Å². The van der Waals surface area contributed by atoms with Gasteiger partial charge in [-0.25, -0.2) is 24.3 Å². The number of fused-ring (bicyclic) bond motifs is 1. The van der Waals surface area contributed by atoms with Crippen molar-refractivity contribution in [3.05, 3.63) is 66.2 Å². The molecule has 0 fully saturated rings. The number of halogens is 1. The minimum Gasteiger partial charge on any atom is -0.387 e. The first-order valence-corrected chi connectivity index (χ1v) is 7.04. The molecule has 1 atom stereocenters. The van der Waals surface area contributed by atoms with Crippen LogP contribution in [0.15, 0.2) is 54.9 Å². The zero-order chi connectivity index (χ0) is 16.2. The van der Waals surface area contributed by atoms with Crippen molar-refractivity contribution in [3.8, 4) is 0 Å². The van der Waals surface area contributed by atoms with E-state index in [9.17, 15) is 14.3 Å². The van der Waals surface area contributed by atoms with Gasteiger partial charge in [0.1, 0.15) is 12.1 Å². The van der Waals surface area contributed by atoms with Gasteiger partial charge in [0.2, 0.25) is 0 Å². The monoisotopic (exact) mass is 314 g/mol. The first kappa shape index (κ1) is 15.0. The van der Waals surface area contributed by atoms with E-state index in [-0.39, 0.29) is 12.4 Å². The minimum atomic E-state index is -0.916. The van der Waals surface area contributed by atoms with Crippen molar-refractivity contribution < 1.29 is 14.3 Å². The quantitative estimate of drug-likeness (QED) is 0.690. The standard InChI is InChI=1S/C16H15FN4O2/c17-12-7-5-11(6-8-12)15(22)9-18-16(23)20-21-10-19-13-3-1-2-4-14(13)21/h1-8,10,15,22H,9H2,(H2,18,20,23). The molecule has 118 valence electrons. The van der Waals surface area contributed by atoms with Gasteiger partial charge in [-0.2, -0.15) is 0 Å². The van der Waals surface area contributed by atoms with Gasteiger partial charge in [0.15, 0.2) is 0 Å². The lowest BCUT2D eigenvalue weighted by atomic mass is 10.1. The molecule has 7 heteroatoms. The second-order valence-electron chi connectivity index (χ2n) is 4.99. The Kier molecular flexibility index (Phi) is 4.20. The first-order valence-electron chi connectivity index (χ1n) is 7.04. The highest BCUT2D eigenvalue weighted by atomic mass is 19.1. The van der Waals surface area contributed by atoms with E-state index in [2.05, 4.69) is 15.7 Å². The SMILES string of the molecule is O=C(NCC(O)c1ccc(F)cc1)Nn1cnc2ccccc21. The Hall–Kier alpha value is -2.93. The Balaban J connectivity index is 1.58. The molecular weight excluding hydrogens is 299 g/mol. The van der Waals surface area contributed by atoms with Crippen LogP contribution in [-0.4, -0.2) is 27.3 Å². The number of nitrogens with zero attached hydrogens (tertiary/aromatic N) is 2. The smallest absolute Gasteiger partial charge is 0.334 e. The van der Waals surface area contributed by atoms with Gasteiger partial charge in [-0.05, 0) is 29.8 Å². The number of carbonyl (C=O) groups excluding carboxylic acids is 1. The molecule has 0 radical (unpaired) electrons. The molecule has 1 unspecified atom stereocenters. The summed E-state index contributed by atoms with van der Waals surface area (Å²) in [6.45, 7) is 0.00406. The zero-order valence-corrected chi connectivity index (χ0v) is 12.1. The lowest BCUT2D eigenvalue weighted by Gasteiger charge is -2.13. The van der Waals surface area contributed by atoms with E-state index >= 15 is 0 Å². The van der Waals surface area contributed by atoms with Crippen molar-refractivity contribution in [2.24, 2.45) is 0 Å². The highest BCUT2D eigenvalue weighted by molar-refractivity contribution is 5.85. The minimum absolute atomic E-state index is 0.00406. The number of hydrogen-bond acceptors (Lipinski definition) is 3. The number of aliphatic hydroxyl groups excluding tert-OH is 1. The predicted octanol–water partition coefficient (Wildman–Crippen LogP) is 2.16. The van der Waals surface area contributed by atoms with Crippen LogP contribution in [-0.2, 0) is 0 Å². The summed E-state index contributed by atoms with van der Waals surface area (Å²) in [5.74, 6) is -0.376. The van der Waals surface area contributed by atoms with Crippen LogP contribution in [0.4, 0.5) is 9.18 Å². The van der Waals surface area contributed by atoms with Crippen molar-refractivity contribution in [3.63, 3.8) is 0 Å². The van der Waals surface area contributed by atoms with Crippen molar-refractivity contribution in [1.29, 1.82) is 0 Å². The molecule has 6 nitrogen and oxygen atoms in total. The van der Waals surface area contributed by atoms with Gasteiger partial charge in [0, 0.05) is 6.54 Å². The van der Waals surface area contributed by atoms with Gasteiger partial charge < -0.3 is 10.4 Å². The number of amides is 2. The second kappa shape index (κ2) is 6.45. The number of hydrogen-bond donors (Lipinski definition) is 3. The molecule has 2 amide bonds. The third-order valence-electron chi connectivity index (χ3n) is 3.39. The Morgan fingerprint density at radius 3 is 2.74 bits per heavy atom. The third-order valence-corrected chi connectivity index (χ3v) is 3.39. The molecule has 0 aliphatic rings. The van der Waals surface area contributed by atoms with E-state index in [0.717, 1.165) is 11.0 Å². The van der Waals surface area contributed by atoms with Gasteiger partial charge in [-0.1, -0.05) is 24.3 Å². The molecule has 0 aliphatic carbocycles. The molecule has 1 aromatic heterocycles. The zero-order valence-electron chi connectivity index (χ0n) is 12.1. The molecule has 1 heterocycles. The summed E-state index contributed by atoms with van der Waals surface area (Å²) in [6, 6.07) is 12.4. The average molecular weight is 314 g/mol. The summed E-state index contributed by atoms with van der Waals surface area (Å²) in [5, 5.41) is 12.5. The van der Waals surface area contributed by atoms with Crippen LogP contribution in [0.2, 0.25) is 0 Å². The maximum atomic E-state index is 12.8. The Morgan fingerprint density at radius 2 is 1.96 bits per heavy atom. The Morgan fingerprint density at radius 1 is 1.22 bits per heavy atom. The predicted molar refractivity (Wildman–Crippen MR) is 83.9 cm³/mol. The van der Waals surface area contributed by atoms with Crippen LogP contribution in [0.25, 0.3) is 11.0 Å². The second-order valence-corrected chi connectivity index (χ2v) is 4.99. The summed E-state index contributed by atoms with van der Waals surface area (Å²) in [5.41, 5.74) is 4.67. The molecule has 0 spiro atoms. The van der Waals surface area contributed by atoms with Gasteiger partial charge in [-0.15, -0.1) is 0 Å². The number of aliphatic hydroxyl groups is 1. The molecule has 3 N–H and O–H groups in total. The fourth-order valence-corrected chi connectivity index (χ4v) is 2.19. The molecule has 0 aliphatic heterocycles. The molecule has 0 bridgehead atoms. The Labute approximate surface area is 131 Å². The number of urea groups is 1. The van der Waals surface area contributed by atoms with E-state index in [0.29, 0.717) is 5.56 Å². The number of nitrogens with one attached hydrogen (secondary N) is 2. The van der Waals surface area contributed by atoms with Crippen molar-refractivity contribution in [2.45, 2.75) is 6.10 Å². The number of para-hydroxylation sites is 2. The molecular formula is C16H15FN4O2. The summed E-state index contributed by atoms with van der Waals surface area (Å²) < 4.78 is 14.3. The van der Waals surface area contributed by atoms with Gasteiger partial charge in [-0.3, -0.25) is 0 Å². The van der Waals surface area contributed by atoms with Crippen LogP contribution in [0.1, 0.15) is 11.7 Å².